The molecule has 1 heterocycles. The molecule has 27 heavy (non-hydrogen) atoms. The van der Waals surface area contributed by atoms with E-state index in [0.717, 1.165) is 28.0 Å². The van der Waals surface area contributed by atoms with Crippen molar-refractivity contribution in [2.45, 2.75) is 6.61 Å². The third-order valence-corrected chi connectivity index (χ3v) is 4.42. The number of hydrogen-bond donors (Lipinski definition) is 2. The summed E-state index contributed by atoms with van der Waals surface area (Å²) in [4.78, 5) is 19.0. The molecule has 0 saturated heterocycles. The Labute approximate surface area is 155 Å². The molecule has 3 aromatic carbocycles. The predicted molar refractivity (Wildman–Crippen MR) is 104 cm³/mol. The predicted octanol–water partition coefficient (Wildman–Crippen LogP) is 4.34. The normalized spacial score (nSPS) is 10.9. The van der Waals surface area contributed by atoms with E-state index in [0.29, 0.717) is 12.4 Å². The first-order valence-corrected chi connectivity index (χ1v) is 8.52. The lowest BCUT2D eigenvalue weighted by Crippen LogP contribution is -2.11. The Morgan fingerprint density at radius 2 is 1.70 bits per heavy atom. The van der Waals surface area contributed by atoms with Crippen molar-refractivity contribution in [3.05, 3.63) is 88.6 Å². The Morgan fingerprint density at radius 3 is 2.52 bits per heavy atom. The number of halogens is 1. The van der Waals surface area contributed by atoms with E-state index in [2.05, 4.69) is 9.97 Å². The van der Waals surface area contributed by atoms with Gasteiger partial charge in [0.25, 0.3) is 0 Å². The van der Waals surface area contributed by atoms with Crippen molar-refractivity contribution in [1.82, 2.24) is 9.97 Å². The molecule has 0 atom stereocenters. The molecule has 4 aromatic rings. The number of para-hydroxylation sites is 2. The van der Waals surface area contributed by atoms with E-state index in [1.54, 1.807) is 12.1 Å². The second-order valence-electron chi connectivity index (χ2n) is 6.25. The van der Waals surface area contributed by atoms with E-state index in [9.17, 15) is 9.18 Å². The van der Waals surface area contributed by atoms with Gasteiger partial charge in [0, 0.05) is 12.7 Å². The minimum atomic E-state index is -0.267. The maximum absolute atomic E-state index is 13.0. The minimum Gasteiger partial charge on any atom is -0.487 e. The summed E-state index contributed by atoms with van der Waals surface area (Å²) in [6.45, 7) is 0.343. The lowest BCUT2D eigenvalue weighted by atomic mass is 10.2. The summed E-state index contributed by atoms with van der Waals surface area (Å²) in [6.07, 6.45) is 0. The maximum atomic E-state index is 13.0. The molecule has 4 rings (SSSR count). The number of ether oxygens (including phenoxy) is 1. The van der Waals surface area contributed by atoms with Crippen LogP contribution in [0.1, 0.15) is 5.56 Å². The highest BCUT2D eigenvalue weighted by Gasteiger charge is 2.11. The number of H-pyrrole nitrogens is 2. The van der Waals surface area contributed by atoms with Crippen LogP contribution in [0.4, 0.5) is 15.8 Å². The Morgan fingerprint density at radius 1 is 0.963 bits per heavy atom. The summed E-state index contributed by atoms with van der Waals surface area (Å²) < 4.78 is 19.0. The zero-order valence-electron chi connectivity index (χ0n) is 14.7. The van der Waals surface area contributed by atoms with Crippen LogP contribution < -0.4 is 15.3 Å². The van der Waals surface area contributed by atoms with E-state index < -0.39 is 0 Å². The molecule has 1 aromatic heterocycles. The molecule has 136 valence electrons. The Hall–Kier alpha value is -3.54. The van der Waals surface area contributed by atoms with Gasteiger partial charge in [0.1, 0.15) is 18.2 Å². The molecule has 0 amide bonds. The molecule has 0 radical (unpaired) electrons. The van der Waals surface area contributed by atoms with E-state index in [1.807, 2.05) is 54.4 Å². The van der Waals surface area contributed by atoms with Crippen molar-refractivity contribution in [1.29, 1.82) is 0 Å². The molecule has 0 aliphatic rings. The third kappa shape index (κ3) is 3.55. The molecule has 5 nitrogen and oxygen atoms in total. The largest absolute Gasteiger partial charge is 0.487 e. The van der Waals surface area contributed by atoms with Gasteiger partial charge in [-0.2, -0.15) is 0 Å². The van der Waals surface area contributed by atoms with Crippen LogP contribution in [-0.4, -0.2) is 17.0 Å². The number of nitrogens with one attached hydrogen (secondary N) is 2. The molecule has 0 bridgehead atoms. The fourth-order valence-corrected chi connectivity index (χ4v) is 2.97. The maximum Gasteiger partial charge on any atom is 0.323 e. The number of aromatic amines is 2. The number of hydrogen-bond acceptors (Lipinski definition) is 3. The van der Waals surface area contributed by atoms with Crippen molar-refractivity contribution in [3.63, 3.8) is 0 Å². The van der Waals surface area contributed by atoms with Gasteiger partial charge in [-0.05, 0) is 48.0 Å². The van der Waals surface area contributed by atoms with E-state index in [4.69, 9.17) is 4.74 Å². The van der Waals surface area contributed by atoms with Crippen molar-refractivity contribution in [3.8, 4) is 5.75 Å². The molecule has 2 N–H and O–H groups in total. The molecule has 0 saturated carbocycles. The highest BCUT2D eigenvalue weighted by molar-refractivity contribution is 5.81. The Balaban J connectivity index is 1.60. The lowest BCUT2D eigenvalue weighted by molar-refractivity contribution is 0.307. The van der Waals surface area contributed by atoms with Gasteiger partial charge in [-0.25, -0.2) is 9.18 Å². The summed E-state index contributed by atoms with van der Waals surface area (Å²) in [5.41, 5.74) is 3.97. The summed E-state index contributed by atoms with van der Waals surface area (Å²) in [6, 6.07) is 19.7. The first kappa shape index (κ1) is 16.9. The van der Waals surface area contributed by atoms with Crippen LogP contribution in [0, 0.1) is 5.82 Å². The first-order valence-electron chi connectivity index (χ1n) is 8.52. The van der Waals surface area contributed by atoms with Gasteiger partial charge in [-0.1, -0.05) is 24.3 Å². The molecule has 0 unspecified atom stereocenters. The molecule has 0 spiro atoms. The topological polar surface area (TPSA) is 61.1 Å². The minimum absolute atomic E-state index is 0.229. The third-order valence-electron chi connectivity index (χ3n) is 4.42. The van der Waals surface area contributed by atoms with Crippen molar-refractivity contribution < 1.29 is 9.13 Å². The van der Waals surface area contributed by atoms with Crippen LogP contribution in [0.15, 0.2) is 71.5 Å². The van der Waals surface area contributed by atoms with Crippen molar-refractivity contribution >= 4 is 22.4 Å². The van der Waals surface area contributed by atoms with Gasteiger partial charge < -0.3 is 19.6 Å². The average Bonchev–Trinajstić information content (AvgIpc) is 3.06. The fourth-order valence-electron chi connectivity index (χ4n) is 2.97. The van der Waals surface area contributed by atoms with Crippen LogP contribution in [0.25, 0.3) is 11.0 Å². The lowest BCUT2D eigenvalue weighted by Gasteiger charge is -2.22. The first-order chi connectivity index (χ1) is 13.1. The zero-order valence-corrected chi connectivity index (χ0v) is 14.7. The number of benzene rings is 3. The van der Waals surface area contributed by atoms with E-state index in [1.165, 1.54) is 12.1 Å². The summed E-state index contributed by atoms with van der Waals surface area (Å²) in [5.74, 6) is 0.448. The molecule has 6 heteroatoms. The summed E-state index contributed by atoms with van der Waals surface area (Å²) in [5, 5.41) is 0. The quantitative estimate of drug-likeness (QED) is 0.554. The van der Waals surface area contributed by atoms with Gasteiger partial charge in [-0.15, -0.1) is 0 Å². The molecule has 0 aliphatic carbocycles. The van der Waals surface area contributed by atoms with Crippen LogP contribution >= 0.6 is 0 Å². The monoisotopic (exact) mass is 363 g/mol. The molecule has 0 aliphatic heterocycles. The number of rotatable bonds is 5. The van der Waals surface area contributed by atoms with Gasteiger partial charge in [0.05, 0.1) is 16.7 Å². The van der Waals surface area contributed by atoms with Crippen LogP contribution in [0.5, 0.6) is 5.75 Å². The molecular formula is C21H18FN3O2. The molecule has 0 fully saturated rings. The van der Waals surface area contributed by atoms with Crippen molar-refractivity contribution in [2.24, 2.45) is 0 Å². The standard InChI is InChI=1S/C21H18FN3O2/c1-25(16-10-11-17-18(12-16)24-21(26)23-17)19-4-2-3-5-20(19)27-13-14-6-8-15(22)9-7-14/h2-12H,13H2,1H3,(H2,23,24,26). The van der Waals surface area contributed by atoms with E-state index in [-0.39, 0.29) is 11.5 Å². The van der Waals surface area contributed by atoms with Gasteiger partial charge in [-0.3, -0.25) is 0 Å². The van der Waals surface area contributed by atoms with Crippen molar-refractivity contribution in [2.75, 3.05) is 11.9 Å². The second kappa shape index (κ2) is 6.99. The number of imidazole rings is 1. The SMILES string of the molecule is CN(c1ccc2[nH]c(=O)[nH]c2c1)c1ccccc1OCc1ccc(F)cc1. The fraction of sp³-hybridized carbons (Fsp3) is 0.0952. The number of aromatic nitrogens is 2. The summed E-state index contributed by atoms with van der Waals surface area (Å²) >= 11 is 0. The number of nitrogens with zero attached hydrogens (tertiary/aromatic N) is 1. The highest BCUT2D eigenvalue weighted by atomic mass is 19.1. The summed E-state index contributed by atoms with van der Waals surface area (Å²) in [7, 11) is 1.94. The highest BCUT2D eigenvalue weighted by Crippen LogP contribution is 2.33. The second-order valence-corrected chi connectivity index (χ2v) is 6.25. The van der Waals surface area contributed by atoms with Crippen LogP contribution in [0.3, 0.4) is 0 Å². The van der Waals surface area contributed by atoms with Crippen LogP contribution in [-0.2, 0) is 6.61 Å². The Bertz CT molecular complexity index is 1130. The van der Waals surface area contributed by atoms with Crippen LogP contribution in [0.2, 0.25) is 0 Å². The molecular weight excluding hydrogens is 345 g/mol. The van der Waals surface area contributed by atoms with Gasteiger partial charge >= 0.3 is 5.69 Å². The zero-order chi connectivity index (χ0) is 18.8. The van der Waals surface area contributed by atoms with E-state index >= 15 is 0 Å². The number of fused-ring (bicyclic) bond motifs is 1. The van der Waals surface area contributed by atoms with Gasteiger partial charge in [0.15, 0.2) is 0 Å². The average molecular weight is 363 g/mol. The number of anilines is 2. The Kier molecular flexibility index (Phi) is 4.38. The smallest absolute Gasteiger partial charge is 0.323 e. The van der Waals surface area contributed by atoms with Gasteiger partial charge in [0.2, 0.25) is 0 Å².